The van der Waals surface area contributed by atoms with Crippen LogP contribution >= 0.6 is 11.3 Å². The van der Waals surface area contributed by atoms with Crippen molar-refractivity contribution in [1.82, 2.24) is 5.01 Å². The molecule has 2 heterocycles. The summed E-state index contributed by atoms with van der Waals surface area (Å²) >= 11 is 1.43. The zero-order valence-corrected chi connectivity index (χ0v) is 13.4. The quantitative estimate of drug-likeness (QED) is 0.313. The predicted octanol–water partition coefficient (Wildman–Crippen LogP) is 3.44. The highest BCUT2D eigenvalue weighted by molar-refractivity contribution is 7.11. The van der Waals surface area contributed by atoms with E-state index in [1.165, 1.54) is 41.8 Å². The molecule has 0 saturated heterocycles. The lowest BCUT2D eigenvalue weighted by molar-refractivity contribution is -0.383. The number of hydrogen-bond acceptors (Lipinski definition) is 6. The van der Waals surface area contributed by atoms with Crippen LogP contribution in [-0.2, 0) is 0 Å². The second kappa shape index (κ2) is 5.60. The number of imide groups is 1. The Kier molecular flexibility index (Phi) is 3.40. The third-order valence-corrected chi connectivity index (χ3v) is 4.71. The fourth-order valence-corrected chi connectivity index (χ4v) is 3.39. The zero-order valence-electron chi connectivity index (χ0n) is 12.6. The summed E-state index contributed by atoms with van der Waals surface area (Å²) in [4.78, 5) is 36.8. The molecule has 0 spiro atoms. The van der Waals surface area contributed by atoms with Gasteiger partial charge in [0.15, 0.2) is 0 Å². The van der Waals surface area contributed by atoms with Crippen molar-refractivity contribution >= 4 is 45.8 Å². The molecule has 3 aromatic rings. The Labute approximate surface area is 145 Å². The van der Waals surface area contributed by atoms with Crippen LogP contribution in [0.1, 0.15) is 25.6 Å². The molecule has 1 aliphatic heterocycles. The standard InChI is InChI=1S/C17H9N3O4S/c21-16-12-5-1-4-11-14(20(23)24)7-6-13(15(11)12)17(22)19(16)18-9-10-3-2-8-25-10/h1-9H/b18-9-. The fourth-order valence-electron chi connectivity index (χ4n) is 2.81. The first-order valence-corrected chi connectivity index (χ1v) is 8.12. The molecule has 0 saturated carbocycles. The molecule has 25 heavy (non-hydrogen) atoms. The number of nitrogens with zero attached hydrogens (tertiary/aromatic N) is 3. The molecule has 0 bridgehead atoms. The Bertz CT molecular complexity index is 1050. The van der Waals surface area contributed by atoms with Gasteiger partial charge in [0.25, 0.3) is 17.5 Å². The largest absolute Gasteiger partial charge is 0.282 e. The molecule has 1 aliphatic rings. The molecule has 2 amide bonds. The third kappa shape index (κ3) is 2.31. The van der Waals surface area contributed by atoms with E-state index in [0.29, 0.717) is 5.39 Å². The minimum Gasteiger partial charge on any atom is -0.267 e. The Morgan fingerprint density at radius 3 is 2.48 bits per heavy atom. The Morgan fingerprint density at radius 1 is 1.04 bits per heavy atom. The van der Waals surface area contributed by atoms with Gasteiger partial charge in [-0.3, -0.25) is 19.7 Å². The second-order valence-electron chi connectivity index (χ2n) is 5.30. The lowest BCUT2D eigenvalue weighted by Gasteiger charge is -2.22. The van der Waals surface area contributed by atoms with Gasteiger partial charge in [-0.05, 0) is 29.6 Å². The number of non-ortho nitro benzene ring substituents is 1. The summed E-state index contributed by atoms with van der Waals surface area (Å²) in [5.74, 6) is -1.20. The van der Waals surface area contributed by atoms with E-state index in [-0.39, 0.29) is 22.2 Å². The lowest BCUT2D eigenvalue weighted by Crippen LogP contribution is -2.36. The summed E-state index contributed by atoms with van der Waals surface area (Å²) < 4.78 is 0. The topological polar surface area (TPSA) is 92.9 Å². The SMILES string of the molecule is O=C1c2cccc3c([N+](=O)[O-])ccc(c23)C(=O)N1/N=C\c1cccs1. The van der Waals surface area contributed by atoms with Crippen LogP contribution in [-0.4, -0.2) is 28.0 Å². The fraction of sp³-hybridized carbons (Fsp3) is 0. The highest BCUT2D eigenvalue weighted by Gasteiger charge is 2.34. The number of thiophene rings is 1. The van der Waals surface area contributed by atoms with Crippen LogP contribution in [0.2, 0.25) is 0 Å². The van der Waals surface area contributed by atoms with Crippen molar-refractivity contribution in [2.24, 2.45) is 5.10 Å². The predicted molar refractivity (Wildman–Crippen MR) is 93.0 cm³/mol. The van der Waals surface area contributed by atoms with Crippen LogP contribution < -0.4 is 0 Å². The Morgan fingerprint density at radius 2 is 1.80 bits per heavy atom. The minimum atomic E-state index is -0.601. The smallest absolute Gasteiger partial charge is 0.267 e. The van der Waals surface area contributed by atoms with E-state index >= 15 is 0 Å². The van der Waals surface area contributed by atoms with Gasteiger partial charge in [0, 0.05) is 16.3 Å². The third-order valence-electron chi connectivity index (χ3n) is 3.90. The molecule has 1 aromatic heterocycles. The van der Waals surface area contributed by atoms with E-state index in [4.69, 9.17) is 0 Å². The molecule has 0 atom stereocenters. The number of hydrogen-bond donors (Lipinski definition) is 0. The average molecular weight is 351 g/mol. The van der Waals surface area contributed by atoms with E-state index in [0.717, 1.165) is 9.89 Å². The number of rotatable bonds is 3. The van der Waals surface area contributed by atoms with Crippen molar-refractivity contribution in [1.29, 1.82) is 0 Å². The van der Waals surface area contributed by atoms with Crippen molar-refractivity contribution in [2.45, 2.75) is 0 Å². The molecule has 4 rings (SSSR count). The number of hydrazone groups is 1. The monoisotopic (exact) mass is 351 g/mol. The summed E-state index contributed by atoms with van der Waals surface area (Å²) in [6.07, 6.45) is 1.44. The van der Waals surface area contributed by atoms with Crippen molar-refractivity contribution in [2.75, 3.05) is 0 Å². The maximum absolute atomic E-state index is 12.7. The average Bonchev–Trinajstić information content (AvgIpc) is 3.12. The normalized spacial score (nSPS) is 13.8. The van der Waals surface area contributed by atoms with Gasteiger partial charge >= 0.3 is 0 Å². The van der Waals surface area contributed by atoms with Crippen LogP contribution in [0.15, 0.2) is 52.9 Å². The van der Waals surface area contributed by atoms with Crippen molar-refractivity contribution in [3.05, 3.63) is 74.0 Å². The molecule has 7 nitrogen and oxygen atoms in total. The van der Waals surface area contributed by atoms with Crippen LogP contribution in [0, 0.1) is 10.1 Å². The summed E-state index contributed by atoms with van der Waals surface area (Å²) in [7, 11) is 0. The van der Waals surface area contributed by atoms with Crippen molar-refractivity contribution < 1.29 is 14.5 Å². The van der Waals surface area contributed by atoms with E-state index in [1.807, 2.05) is 17.5 Å². The highest BCUT2D eigenvalue weighted by Crippen LogP contribution is 2.35. The maximum Gasteiger partial charge on any atom is 0.282 e. The first kappa shape index (κ1) is 15.2. The molecular formula is C17H9N3O4S. The molecule has 0 aliphatic carbocycles. The maximum atomic E-state index is 12.7. The van der Waals surface area contributed by atoms with Crippen LogP contribution in [0.25, 0.3) is 10.8 Å². The van der Waals surface area contributed by atoms with Gasteiger partial charge in [0.05, 0.1) is 27.7 Å². The van der Waals surface area contributed by atoms with Gasteiger partial charge in [0.1, 0.15) is 0 Å². The van der Waals surface area contributed by atoms with Gasteiger partial charge in [-0.15, -0.1) is 11.3 Å². The van der Waals surface area contributed by atoms with E-state index < -0.39 is 16.7 Å². The number of nitro groups is 1. The van der Waals surface area contributed by atoms with E-state index in [9.17, 15) is 19.7 Å². The molecule has 0 radical (unpaired) electrons. The number of benzene rings is 2. The lowest BCUT2D eigenvalue weighted by atomic mass is 9.94. The van der Waals surface area contributed by atoms with Crippen LogP contribution in [0.5, 0.6) is 0 Å². The van der Waals surface area contributed by atoms with E-state index in [1.54, 1.807) is 6.07 Å². The van der Waals surface area contributed by atoms with Gasteiger partial charge in [-0.25, -0.2) is 0 Å². The first-order chi connectivity index (χ1) is 12.1. The molecule has 0 fully saturated rings. The van der Waals surface area contributed by atoms with Gasteiger partial charge in [0.2, 0.25) is 0 Å². The second-order valence-corrected chi connectivity index (χ2v) is 6.28. The molecule has 8 heteroatoms. The minimum absolute atomic E-state index is 0.142. The number of nitro benzene ring substituents is 1. The molecular weight excluding hydrogens is 342 g/mol. The Balaban J connectivity index is 1.89. The van der Waals surface area contributed by atoms with Crippen molar-refractivity contribution in [3.8, 4) is 0 Å². The van der Waals surface area contributed by atoms with Gasteiger partial charge in [-0.1, -0.05) is 12.1 Å². The number of amides is 2. The number of carbonyl (C=O) groups is 2. The first-order valence-electron chi connectivity index (χ1n) is 7.24. The highest BCUT2D eigenvalue weighted by atomic mass is 32.1. The van der Waals surface area contributed by atoms with Gasteiger partial charge < -0.3 is 0 Å². The molecule has 122 valence electrons. The Hall–Kier alpha value is -3.39. The van der Waals surface area contributed by atoms with Gasteiger partial charge in [-0.2, -0.15) is 10.1 Å². The zero-order chi connectivity index (χ0) is 17.6. The van der Waals surface area contributed by atoms with E-state index in [2.05, 4.69) is 5.10 Å². The summed E-state index contributed by atoms with van der Waals surface area (Å²) in [5, 5.41) is 18.4. The van der Waals surface area contributed by atoms with Crippen molar-refractivity contribution in [3.63, 3.8) is 0 Å². The summed E-state index contributed by atoms with van der Waals surface area (Å²) in [6, 6.07) is 10.9. The summed E-state index contributed by atoms with van der Waals surface area (Å²) in [5.41, 5.74) is 0.301. The van der Waals surface area contributed by atoms with Crippen LogP contribution in [0.4, 0.5) is 5.69 Å². The molecule has 2 aromatic carbocycles. The summed E-state index contributed by atoms with van der Waals surface area (Å²) in [6.45, 7) is 0. The van der Waals surface area contributed by atoms with Crippen LogP contribution in [0.3, 0.4) is 0 Å². The molecule has 0 unspecified atom stereocenters. The molecule has 0 N–H and O–H groups in total. The number of carbonyl (C=O) groups excluding carboxylic acids is 2.